The normalized spacial score (nSPS) is 11.2. The minimum atomic E-state index is -0.642. The lowest BCUT2D eigenvalue weighted by Gasteiger charge is -2.22. The van der Waals surface area contributed by atoms with Crippen molar-refractivity contribution in [3.63, 3.8) is 0 Å². The summed E-state index contributed by atoms with van der Waals surface area (Å²) in [5.41, 5.74) is 1.09. The van der Waals surface area contributed by atoms with Gasteiger partial charge in [-0.1, -0.05) is 57.2 Å². The minimum absolute atomic E-state index is 0.0438. The first kappa shape index (κ1) is 21.0. The number of aromatic nitrogens is 3. The predicted molar refractivity (Wildman–Crippen MR) is 123 cm³/mol. The standard InChI is InChI=1S/C24H23N5O3/c1-24(2,3)21(30)28-22-26-19-18(14-15-25-19)20(27-22)32-23(31)29(16-10-6-4-7-11-16)17-12-8-5-9-13-17/h4-15H,1-3H3,(H2,25,26,27,28,30). The van der Waals surface area contributed by atoms with Gasteiger partial charge in [-0.05, 0) is 30.3 Å². The second-order valence-corrected chi connectivity index (χ2v) is 8.17. The lowest BCUT2D eigenvalue weighted by Crippen LogP contribution is -2.30. The first-order valence-electron chi connectivity index (χ1n) is 10.1. The van der Waals surface area contributed by atoms with E-state index in [2.05, 4.69) is 20.3 Å². The first-order valence-corrected chi connectivity index (χ1v) is 10.1. The number of para-hydroxylation sites is 2. The maximum absolute atomic E-state index is 13.3. The molecular weight excluding hydrogens is 406 g/mol. The summed E-state index contributed by atoms with van der Waals surface area (Å²) in [6.07, 6.45) is 1.02. The number of carbonyl (C=O) groups excluding carboxylic acids is 2. The van der Waals surface area contributed by atoms with Crippen LogP contribution in [0.3, 0.4) is 0 Å². The molecule has 0 fully saturated rings. The molecule has 2 amide bonds. The Kier molecular flexibility index (Phi) is 5.59. The largest absolute Gasteiger partial charge is 0.425 e. The summed E-state index contributed by atoms with van der Waals surface area (Å²) < 4.78 is 5.73. The third-order valence-corrected chi connectivity index (χ3v) is 4.68. The lowest BCUT2D eigenvalue weighted by molar-refractivity contribution is -0.123. The Labute approximate surface area is 185 Å². The van der Waals surface area contributed by atoms with Crippen LogP contribution in [0.5, 0.6) is 5.88 Å². The number of carbonyl (C=O) groups is 2. The fourth-order valence-corrected chi connectivity index (χ4v) is 2.98. The Hall–Kier alpha value is -4.20. The van der Waals surface area contributed by atoms with Crippen LogP contribution in [0, 0.1) is 5.41 Å². The van der Waals surface area contributed by atoms with Crippen LogP contribution in [-0.2, 0) is 4.79 Å². The highest BCUT2D eigenvalue weighted by molar-refractivity contribution is 5.99. The molecule has 2 aromatic heterocycles. The molecule has 2 aromatic carbocycles. The van der Waals surface area contributed by atoms with Crippen LogP contribution in [0.2, 0.25) is 0 Å². The highest BCUT2D eigenvalue weighted by atomic mass is 16.6. The third kappa shape index (κ3) is 4.44. The van der Waals surface area contributed by atoms with Crippen molar-refractivity contribution in [2.75, 3.05) is 10.2 Å². The first-order chi connectivity index (χ1) is 15.3. The zero-order valence-corrected chi connectivity index (χ0v) is 18.0. The molecule has 0 saturated heterocycles. The van der Waals surface area contributed by atoms with Crippen LogP contribution in [0.1, 0.15) is 20.8 Å². The van der Waals surface area contributed by atoms with Crippen LogP contribution in [0.15, 0.2) is 72.9 Å². The zero-order valence-electron chi connectivity index (χ0n) is 18.0. The minimum Gasteiger partial charge on any atom is -0.390 e. The Morgan fingerprint density at radius 3 is 2.06 bits per heavy atom. The molecule has 2 N–H and O–H groups in total. The summed E-state index contributed by atoms with van der Waals surface area (Å²) in [6, 6.07) is 20.1. The van der Waals surface area contributed by atoms with Crippen LogP contribution in [-0.4, -0.2) is 27.0 Å². The van der Waals surface area contributed by atoms with E-state index in [1.807, 2.05) is 60.7 Å². The number of amides is 2. The third-order valence-electron chi connectivity index (χ3n) is 4.68. The number of fused-ring (bicyclic) bond motifs is 1. The van der Waals surface area contributed by atoms with Gasteiger partial charge in [-0.15, -0.1) is 0 Å². The van der Waals surface area contributed by atoms with Gasteiger partial charge in [0.1, 0.15) is 5.65 Å². The molecule has 162 valence electrons. The van der Waals surface area contributed by atoms with Gasteiger partial charge >= 0.3 is 6.09 Å². The van der Waals surface area contributed by atoms with Crippen molar-refractivity contribution in [2.45, 2.75) is 20.8 Å². The quantitative estimate of drug-likeness (QED) is 0.460. The number of nitrogens with one attached hydrogen (secondary N) is 2. The van der Waals surface area contributed by atoms with Crippen LogP contribution in [0.25, 0.3) is 11.0 Å². The van der Waals surface area contributed by atoms with Crippen molar-refractivity contribution >= 4 is 40.4 Å². The molecule has 0 spiro atoms. The smallest absolute Gasteiger partial charge is 0.390 e. The summed E-state index contributed by atoms with van der Waals surface area (Å²) in [6.45, 7) is 5.36. The van der Waals surface area contributed by atoms with Gasteiger partial charge < -0.3 is 9.72 Å². The molecule has 0 aliphatic heterocycles. The van der Waals surface area contributed by atoms with E-state index in [9.17, 15) is 9.59 Å². The van der Waals surface area contributed by atoms with E-state index in [0.29, 0.717) is 22.4 Å². The van der Waals surface area contributed by atoms with Crippen molar-refractivity contribution in [2.24, 2.45) is 5.41 Å². The van der Waals surface area contributed by atoms with Crippen molar-refractivity contribution < 1.29 is 14.3 Å². The van der Waals surface area contributed by atoms with Gasteiger partial charge in [-0.2, -0.15) is 9.97 Å². The summed E-state index contributed by atoms with van der Waals surface area (Å²) >= 11 is 0. The monoisotopic (exact) mass is 429 g/mol. The summed E-state index contributed by atoms with van der Waals surface area (Å²) in [5, 5.41) is 3.21. The van der Waals surface area contributed by atoms with E-state index in [0.717, 1.165) is 0 Å². The highest BCUT2D eigenvalue weighted by Crippen LogP contribution is 2.29. The van der Waals surface area contributed by atoms with Gasteiger partial charge in [0, 0.05) is 11.6 Å². The average molecular weight is 429 g/mol. The molecular formula is C24H23N5O3. The fourth-order valence-electron chi connectivity index (χ4n) is 2.98. The Balaban J connectivity index is 1.70. The van der Waals surface area contributed by atoms with Crippen molar-refractivity contribution in [3.05, 3.63) is 72.9 Å². The Bertz CT molecular complexity index is 1210. The number of rotatable bonds is 4. The molecule has 0 saturated carbocycles. The van der Waals surface area contributed by atoms with Gasteiger partial charge in [0.15, 0.2) is 0 Å². The number of hydrogen-bond donors (Lipinski definition) is 2. The van der Waals surface area contributed by atoms with E-state index in [4.69, 9.17) is 4.74 Å². The second-order valence-electron chi connectivity index (χ2n) is 8.17. The number of anilines is 3. The molecule has 4 rings (SSSR count). The SMILES string of the molecule is CC(C)(C)C(=O)Nc1nc(OC(=O)N(c2ccccc2)c2ccccc2)c2cc[nH]c2n1. The maximum Gasteiger partial charge on any atom is 0.425 e. The topological polar surface area (TPSA) is 100 Å². The fraction of sp³-hybridized carbons (Fsp3) is 0.167. The predicted octanol–water partition coefficient (Wildman–Crippen LogP) is 5.28. The number of hydrogen-bond acceptors (Lipinski definition) is 5. The molecule has 2 heterocycles. The van der Waals surface area contributed by atoms with E-state index >= 15 is 0 Å². The van der Waals surface area contributed by atoms with Gasteiger partial charge in [0.25, 0.3) is 0 Å². The number of nitrogens with zero attached hydrogens (tertiary/aromatic N) is 3. The van der Waals surface area contributed by atoms with Gasteiger partial charge in [0.2, 0.25) is 17.7 Å². The van der Waals surface area contributed by atoms with Crippen LogP contribution in [0.4, 0.5) is 22.1 Å². The molecule has 0 radical (unpaired) electrons. The molecule has 0 unspecified atom stereocenters. The molecule has 8 heteroatoms. The number of benzene rings is 2. The lowest BCUT2D eigenvalue weighted by atomic mass is 9.96. The number of ether oxygens (including phenoxy) is 1. The van der Waals surface area contributed by atoms with E-state index < -0.39 is 11.5 Å². The molecule has 0 atom stereocenters. The zero-order chi connectivity index (χ0) is 22.7. The summed E-state index contributed by atoms with van der Waals surface area (Å²) in [5.74, 6) is -0.160. The van der Waals surface area contributed by atoms with Crippen molar-refractivity contribution in [3.8, 4) is 5.88 Å². The second kappa shape index (κ2) is 8.50. The summed E-state index contributed by atoms with van der Waals surface area (Å²) in [7, 11) is 0. The van der Waals surface area contributed by atoms with Crippen LogP contribution >= 0.6 is 0 Å². The van der Waals surface area contributed by atoms with Crippen LogP contribution < -0.4 is 15.0 Å². The van der Waals surface area contributed by atoms with E-state index in [-0.39, 0.29) is 17.7 Å². The van der Waals surface area contributed by atoms with Crippen molar-refractivity contribution in [1.82, 2.24) is 15.0 Å². The van der Waals surface area contributed by atoms with E-state index in [1.54, 1.807) is 33.0 Å². The summed E-state index contributed by atoms with van der Waals surface area (Å²) in [4.78, 5) is 38.8. The Morgan fingerprint density at radius 1 is 0.906 bits per heavy atom. The molecule has 0 aliphatic carbocycles. The van der Waals surface area contributed by atoms with Gasteiger partial charge in [-0.3, -0.25) is 10.1 Å². The number of aromatic amines is 1. The molecule has 0 aliphatic rings. The van der Waals surface area contributed by atoms with Gasteiger partial charge in [0.05, 0.1) is 16.8 Å². The average Bonchev–Trinajstić information content (AvgIpc) is 3.24. The van der Waals surface area contributed by atoms with E-state index in [1.165, 1.54) is 4.90 Å². The number of H-pyrrole nitrogens is 1. The van der Waals surface area contributed by atoms with Crippen molar-refractivity contribution in [1.29, 1.82) is 0 Å². The molecule has 32 heavy (non-hydrogen) atoms. The van der Waals surface area contributed by atoms with Gasteiger partial charge in [-0.25, -0.2) is 9.69 Å². The molecule has 0 bridgehead atoms. The molecule has 8 nitrogen and oxygen atoms in total. The maximum atomic E-state index is 13.3. The molecule has 4 aromatic rings. The highest BCUT2D eigenvalue weighted by Gasteiger charge is 2.25. The Morgan fingerprint density at radius 2 is 1.50 bits per heavy atom.